The predicted octanol–water partition coefficient (Wildman–Crippen LogP) is 4.36. The Morgan fingerprint density at radius 2 is 2.00 bits per heavy atom. The molecule has 1 aromatic heterocycles. The molecule has 1 aliphatic rings. The van der Waals surface area contributed by atoms with Crippen LogP contribution in [-0.2, 0) is 9.53 Å². The van der Waals surface area contributed by atoms with Crippen molar-refractivity contribution in [3.8, 4) is 5.69 Å². The molecule has 1 N–H and O–H groups in total. The van der Waals surface area contributed by atoms with Gasteiger partial charge in [0.2, 0.25) is 5.91 Å². The third-order valence-electron chi connectivity index (χ3n) is 4.98. The highest BCUT2D eigenvalue weighted by Gasteiger charge is 2.26. The molecule has 0 unspecified atom stereocenters. The zero-order valence-corrected chi connectivity index (χ0v) is 19.4. The van der Waals surface area contributed by atoms with Crippen LogP contribution < -0.4 is 5.32 Å². The first-order valence-electron chi connectivity index (χ1n) is 10.6. The number of aromatic nitrogens is 3. The van der Waals surface area contributed by atoms with Crippen LogP contribution in [0.25, 0.3) is 5.69 Å². The van der Waals surface area contributed by atoms with Gasteiger partial charge >= 0.3 is 6.09 Å². The molecule has 1 aromatic carbocycles. The molecule has 1 saturated heterocycles. The van der Waals surface area contributed by atoms with Gasteiger partial charge in [0, 0.05) is 31.5 Å². The molecule has 0 radical (unpaired) electrons. The van der Waals surface area contributed by atoms with Gasteiger partial charge in [-0.2, -0.15) is 0 Å². The zero-order valence-electron chi connectivity index (χ0n) is 18.6. The largest absolute Gasteiger partial charge is 0.444 e. The maximum Gasteiger partial charge on any atom is 0.410 e. The summed E-state index contributed by atoms with van der Waals surface area (Å²) in [5, 5.41) is 11.9. The van der Waals surface area contributed by atoms with E-state index >= 15 is 0 Å². The highest BCUT2D eigenvalue weighted by atomic mass is 32.2. The fraction of sp³-hybridized carbons (Fsp3) is 0.545. The number of benzene rings is 1. The van der Waals surface area contributed by atoms with Gasteiger partial charge in [-0.05, 0) is 64.2 Å². The quantitative estimate of drug-likeness (QED) is 0.665. The topological polar surface area (TPSA) is 89.4 Å². The lowest BCUT2D eigenvalue weighted by molar-refractivity contribution is -0.114. The Bertz CT molecular complexity index is 901. The maximum absolute atomic E-state index is 12.2. The molecule has 0 atom stereocenters. The molecule has 1 fully saturated rings. The molecule has 0 bridgehead atoms. The number of ether oxygens (including phenoxy) is 1. The van der Waals surface area contributed by atoms with Crippen LogP contribution in [0.4, 0.5) is 10.5 Å². The first kappa shape index (κ1) is 23.1. The Morgan fingerprint density at radius 1 is 1.26 bits per heavy atom. The predicted molar refractivity (Wildman–Crippen MR) is 122 cm³/mol. The van der Waals surface area contributed by atoms with Gasteiger partial charge in [-0.1, -0.05) is 17.8 Å². The van der Waals surface area contributed by atoms with Gasteiger partial charge in [-0.25, -0.2) is 4.79 Å². The van der Waals surface area contributed by atoms with E-state index in [9.17, 15) is 9.59 Å². The molecule has 0 saturated carbocycles. The first-order chi connectivity index (χ1) is 14.7. The van der Waals surface area contributed by atoms with Crippen LogP contribution >= 0.6 is 11.8 Å². The summed E-state index contributed by atoms with van der Waals surface area (Å²) in [6.07, 6.45) is 4.52. The molecule has 3 rings (SSSR count). The van der Waals surface area contributed by atoms with Gasteiger partial charge in [-0.15, -0.1) is 10.2 Å². The number of nitrogens with one attached hydrogen (secondary N) is 1. The Kier molecular flexibility index (Phi) is 7.59. The van der Waals surface area contributed by atoms with E-state index in [1.165, 1.54) is 6.92 Å². The number of hydrogen-bond donors (Lipinski definition) is 1. The molecule has 8 nitrogen and oxygen atoms in total. The number of carbonyl (C=O) groups excluding carboxylic acids is 2. The number of likely N-dealkylation sites (tertiary alicyclic amines) is 1. The third-order valence-corrected chi connectivity index (χ3v) is 5.96. The number of hydrogen-bond acceptors (Lipinski definition) is 6. The Morgan fingerprint density at radius 3 is 2.68 bits per heavy atom. The van der Waals surface area contributed by atoms with E-state index in [0.29, 0.717) is 5.92 Å². The molecule has 1 aliphatic heterocycles. The molecular formula is C22H31N5O3S. The van der Waals surface area contributed by atoms with Crippen molar-refractivity contribution in [1.82, 2.24) is 19.7 Å². The average molecular weight is 446 g/mol. The molecule has 9 heteroatoms. The van der Waals surface area contributed by atoms with E-state index in [2.05, 4.69) is 15.5 Å². The number of nitrogens with zero attached hydrogens (tertiary/aromatic N) is 4. The fourth-order valence-corrected chi connectivity index (χ4v) is 4.51. The Balaban J connectivity index is 1.48. The highest BCUT2D eigenvalue weighted by molar-refractivity contribution is 7.99. The van der Waals surface area contributed by atoms with Gasteiger partial charge in [0.15, 0.2) is 5.16 Å². The van der Waals surface area contributed by atoms with Crippen molar-refractivity contribution in [3.63, 3.8) is 0 Å². The molecule has 2 aromatic rings. The van der Waals surface area contributed by atoms with Gasteiger partial charge in [-0.3, -0.25) is 9.36 Å². The number of carbonyl (C=O) groups is 2. The molecule has 0 spiro atoms. The van der Waals surface area contributed by atoms with E-state index in [0.717, 1.165) is 54.6 Å². The summed E-state index contributed by atoms with van der Waals surface area (Å²) in [5.74, 6) is 1.42. The maximum atomic E-state index is 12.2. The fourth-order valence-electron chi connectivity index (χ4n) is 3.48. The number of rotatable bonds is 6. The third kappa shape index (κ3) is 6.99. The van der Waals surface area contributed by atoms with E-state index in [1.54, 1.807) is 18.1 Å². The number of thioether (sulfide) groups is 1. The standard InChI is InChI=1S/C22H31N5O3S/c1-16(28)24-18-6-5-7-19(14-18)27-15-23-25-20(27)31-13-10-17-8-11-26(12-9-17)21(29)30-22(2,3)4/h5-7,14-15,17H,8-13H2,1-4H3,(H,24,28). The van der Waals surface area contributed by atoms with Crippen molar-refractivity contribution >= 4 is 29.4 Å². The zero-order chi connectivity index (χ0) is 22.4. The minimum absolute atomic E-state index is 0.103. The summed E-state index contributed by atoms with van der Waals surface area (Å²) in [4.78, 5) is 25.3. The van der Waals surface area contributed by atoms with E-state index in [4.69, 9.17) is 4.74 Å². The number of piperidine rings is 1. The lowest BCUT2D eigenvalue weighted by Gasteiger charge is -2.33. The van der Waals surface area contributed by atoms with Crippen LogP contribution in [-0.4, -0.2) is 56.1 Å². The van der Waals surface area contributed by atoms with Crippen LogP contribution in [0, 0.1) is 5.92 Å². The van der Waals surface area contributed by atoms with Crippen LogP contribution in [0.2, 0.25) is 0 Å². The van der Waals surface area contributed by atoms with Crippen molar-refractivity contribution in [3.05, 3.63) is 30.6 Å². The molecule has 31 heavy (non-hydrogen) atoms. The van der Waals surface area contributed by atoms with E-state index < -0.39 is 5.60 Å². The van der Waals surface area contributed by atoms with Crippen molar-refractivity contribution in [2.75, 3.05) is 24.2 Å². The monoisotopic (exact) mass is 445 g/mol. The summed E-state index contributed by atoms with van der Waals surface area (Å²) in [6.45, 7) is 8.66. The van der Waals surface area contributed by atoms with Gasteiger partial charge < -0.3 is 15.0 Å². The van der Waals surface area contributed by atoms with Crippen LogP contribution in [0.1, 0.15) is 47.0 Å². The normalized spacial score (nSPS) is 15.0. The Labute approximate surface area is 187 Å². The molecule has 0 aliphatic carbocycles. The first-order valence-corrected chi connectivity index (χ1v) is 11.6. The van der Waals surface area contributed by atoms with Crippen molar-refractivity contribution in [1.29, 1.82) is 0 Å². The lowest BCUT2D eigenvalue weighted by Crippen LogP contribution is -2.41. The minimum Gasteiger partial charge on any atom is -0.444 e. The summed E-state index contributed by atoms with van der Waals surface area (Å²) < 4.78 is 7.40. The Hall–Kier alpha value is -2.55. The van der Waals surface area contributed by atoms with Gasteiger partial charge in [0.05, 0.1) is 5.69 Å². The van der Waals surface area contributed by atoms with E-state index in [1.807, 2.05) is 54.5 Å². The van der Waals surface area contributed by atoms with E-state index in [-0.39, 0.29) is 12.0 Å². The van der Waals surface area contributed by atoms with Crippen LogP contribution in [0.15, 0.2) is 35.7 Å². The second kappa shape index (κ2) is 10.2. The molecular weight excluding hydrogens is 414 g/mol. The van der Waals surface area contributed by atoms with Crippen molar-refractivity contribution < 1.29 is 14.3 Å². The van der Waals surface area contributed by atoms with Crippen LogP contribution in [0.3, 0.4) is 0 Å². The smallest absolute Gasteiger partial charge is 0.410 e. The van der Waals surface area contributed by atoms with Crippen LogP contribution in [0.5, 0.6) is 0 Å². The number of anilines is 1. The average Bonchev–Trinajstić information content (AvgIpc) is 3.15. The summed E-state index contributed by atoms with van der Waals surface area (Å²) in [6, 6.07) is 7.62. The summed E-state index contributed by atoms with van der Waals surface area (Å²) >= 11 is 1.67. The second-order valence-corrected chi connectivity index (χ2v) is 9.83. The van der Waals surface area contributed by atoms with Crippen molar-refractivity contribution in [2.45, 2.75) is 57.7 Å². The number of amides is 2. The molecule has 2 amide bonds. The summed E-state index contributed by atoms with van der Waals surface area (Å²) in [7, 11) is 0. The SMILES string of the molecule is CC(=O)Nc1cccc(-n2cnnc2SCCC2CCN(C(=O)OC(C)(C)C)CC2)c1. The minimum atomic E-state index is -0.456. The molecule has 2 heterocycles. The van der Waals surface area contributed by atoms with Gasteiger partial charge in [0.1, 0.15) is 11.9 Å². The molecule has 168 valence electrons. The highest BCUT2D eigenvalue weighted by Crippen LogP contribution is 2.27. The second-order valence-electron chi connectivity index (χ2n) is 8.76. The lowest BCUT2D eigenvalue weighted by atomic mass is 9.95. The van der Waals surface area contributed by atoms with Gasteiger partial charge in [0.25, 0.3) is 0 Å². The summed E-state index contributed by atoms with van der Waals surface area (Å²) in [5.41, 5.74) is 1.19. The van der Waals surface area contributed by atoms with Crippen molar-refractivity contribution in [2.24, 2.45) is 5.92 Å².